The van der Waals surface area contributed by atoms with Crippen LogP contribution in [0, 0.1) is 11.8 Å². The van der Waals surface area contributed by atoms with Crippen LogP contribution in [-0.4, -0.2) is 39.8 Å². The summed E-state index contributed by atoms with van der Waals surface area (Å²) in [5.41, 5.74) is 1.57. The fraction of sp³-hybridized carbons (Fsp3) is 0.429. The third-order valence-corrected chi connectivity index (χ3v) is 4.37. The van der Waals surface area contributed by atoms with Gasteiger partial charge in [0.2, 0.25) is 0 Å². The number of phenolic OH excluding ortho intramolecular Hbond substituents is 1. The molecule has 20 heavy (non-hydrogen) atoms. The van der Waals surface area contributed by atoms with Crippen molar-refractivity contribution in [1.82, 2.24) is 5.32 Å². The normalized spacial score (nSPS) is 31.4. The zero-order valence-electron chi connectivity index (χ0n) is 10.6. The SMILES string of the molecule is O=C(O)[C@@H]1[C@H]2CN[C@H](C(=O)O)[C@H]1c1ccc(O)cc1C2. The zero-order valence-corrected chi connectivity index (χ0v) is 10.6. The summed E-state index contributed by atoms with van der Waals surface area (Å²) in [5.74, 6) is -3.33. The third-order valence-electron chi connectivity index (χ3n) is 4.37. The Bertz CT molecular complexity index is 585. The molecule has 6 nitrogen and oxygen atoms in total. The second-order valence-electron chi connectivity index (χ2n) is 5.46. The predicted octanol–water partition coefficient (Wildman–Crippen LogP) is 0.405. The average Bonchev–Trinajstić information content (AvgIpc) is 2.37. The summed E-state index contributed by atoms with van der Waals surface area (Å²) in [6.45, 7) is 0.361. The number of carboxylic acids is 2. The Labute approximate surface area is 115 Å². The van der Waals surface area contributed by atoms with Crippen molar-refractivity contribution in [3.8, 4) is 5.75 Å². The number of nitrogens with one attached hydrogen (secondary N) is 1. The molecular formula is C14H15NO5. The second kappa shape index (κ2) is 4.49. The fourth-order valence-corrected chi connectivity index (χ4v) is 3.58. The number of fused-ring (bicyclic) bond motifs is 4. The molecule has 0 radical (unpaired) electrons. The molecule has 1 fully saturated rings. The lowest BCUT2D eigenvalue weighted by Crippen LogP contribution is -2.57. The first-order valence-electron chi connectivity index (χ1n) is 6.50. The molecule has 106 valence electrons. The highest BCUT2D eigenvalue weighted by atomic mass is 16.4. The number of rotatable bonds is 2. The summed E-state index contributed by atoms with van der Waals surface area (Å²) < 4.78 is 0. The van der Waals surface area contributed by atoms with Crippen LogP contribution >= 0.6 is 0 Å². The first-order valence-corrected chi connectivity index (χ1v) is 6.50. The minimum absolute atomic E-state index is 0.121. The van der Waals surface area contributed by atoms with Crippen molar-refractivity contribution >= 4 is 11.9 Å². The smallest absolute Gasteiger partial charge is 0.321 e. The number of benzene rings is 1. The molecular weight excluding hydrogens is 262 g/mol. The zero-order chi connectivity index (χ0) is 14.4. The Morgan fingerprint density at radius 1 is 1.20 bits per heavy atom. The van der Waals surface area contributed by atoms with E-state index >= 15 is 0 Å². The summed E-state index contributed by atoms with van der Waals surface area (Å²) in [6.07, 6.45) is 0.538. The van der Waals surface area contributed by atoms with Gasteiger partial charge in [-0.1, -0.05) is 6.07 Å². The Kier molecular flexibility index (Phi) is 2.90. The van der Waals surface area contributed by atoms with E-state index in [9.17, 15) is 24.9 Å². The van der Waals surface area contributed by atoms with E-state index in [1.54, 1.807) is 12.1 Å². The maximum atomic E-state index is 11.5. The molecule has 1 aliphatic heterocycles. The molecule has 0 aromatic heterocycles. The number of aliphatic carboxylic acids is 2. The van der Waals surface area contributed by atoms with Gasteiger partial charge in [-0.2, -0.15) is 0 Å². The van der Waals surface area contributed by atoms with E-state index in [0.29, 0.717) is 18.5 Å². The van der Waals surface area contributed by atoms with E-state index < -0.39 is 29.8 Å². The molecule has 4 N–H and O–H groups in total. The second-order valence-corrected chi connectivity index (χ2v) is 5.46. The van der Waals surface area contributed by atoms with Crippen molar-refractivity contribution < 1.29 is 24.9 Å². The van der Waals surface area contributed by atoms with Gasteiger partial charge in [-0.15, -0.1) is 0 Å². The van der Waals surface area contributed by atoms with Gasteiger partial charge in [0.15, 0.2) is 0 Å². The molecule has 1 aromatic rings. The number of phenols is 1. The number of hydrogen-bond donors (Lipinski definition) is 4. The van der Waals surface area contributed by atoms with Gasteiger partial charge in [0, 0.05) is 5.92 Å². The van der Waals surface area contributed by atoms with E-state index in [1.807, 2.05) is 0 Å². The monoisotopic (exact) mass is 277 g/mol. The molecule has 6 heteroatoms. The molecule has 2 aliphatic rings. The molecule has 1 saturated heterocycles. The molecule has 0 unspecified atom stereocenters. The molecule has 3 rings (SSSR count). The summed E-state index contributed by atoms with van der Waals surface area (Å²) in [6, 6.07) is 3.82. The van der Waals surface area contributed by atoms with E-state index in [4.69, 9.17) is 0 Å². The van der Waals surface area contributed by atoms with Gasteiger partial charge in [-0.25, -0.2) is 0 Å². The summed E-state index contributed by atoms with van der Waals surface area (Å²) in [5, 5.41) is 31.3. The minimum Gasteiger partial charge on any atom is -0.508 e. The van der Waals surface area contributed by atoms with Gasteiger partial charge < -0.3 is 20.6 Å². The maximum absolute atomic E-state index is 11.5. The van der Waals surface area contributed by atoms with Crippen molar-refractivity contribution in [2.24, 2.45) is 11.8 Å². The lowest BCUT2D eigenvalue weighted by Gasteiger charge is -2.44. The molecule has 1 aliphatic carbocycles. The molecule has 1 heterocycles. The van der Waals surface area contributed by atoms with Crippen LogP contribution in [0.15, 0.2) is 18.2 Å². The molecule has 0 spiro atoms. The highest BCUT2D eigenvalue weighted by Crippen LogP contribution is 2.45. The van der Waals surface area contributed by atoms with Gasteiger partial charge in [0.25, 0.3) is 0 Å². The van der Waals surface area contributed by atoms with Crippen LogP contribution in [0.3, 0.4) is 0 Å². The highest BCUT2D eigenvalue weighted by Gasteiger charge is 2.50. The van der Waals surface area contributed by atoms with Crippen LogP contribution in [-0.2, 0) is 16.0 Å². The van der Waals surface area contributed by atoms with Crippen LogP contribution in [0.25, 0.3) is 0 Å². The summed E-state index contributed by atoms with van der Waals surface area (Å²) in [7, 11) is 0. The maximum Gasteiger partial charge on any atom is 0.321 e. The minimum atomic E-state index is -1.04. The standard InChI is InChI=1S/C14H15NO5/c16-8-1-2-9-6(4-8)3-7-5-15-12(14(19)20)11(9)10(7)13(17)18/h1-2,4,7,10-12,15-16H,3,5H2,(H,17,18)(H,19,20)/t7-,10-,11+,12+/m1/s1. The number of carbonyl (C=O) groups is 2. The van der Waals surface area contributed by atoms with E-state index in [0.717, 1.165) is 5.56 Å². The molecule has 1 aromatic carbocycles. The Morgan fingerprint density at radius 3 is 2.60 bits per heavy atom. The first-order chi connectivity index (χ1) is 9.49. The highest BCUT2D eigenvalue weighted by molar-refractivity contribution is 5.80. The third kappa shape index (κ3) is 1.84. The van der Waals surface area contributed by atoms with E-state index in [1.165, 1.54) is 6.07 Å². The van der Waals surface area contributed by atoms with Gasteiger partial charge in [0.05, 0.1) is 5.92 Å². The van der Waals surface area contributed by atoms with E-state index in [2.05, 4.69) is 5.32 Å². The quantitative estimate of drug-likeness (QED) is 0.623. The number of carboxylic acid groups (broad SMARTS) is 2. The van der Waals surface area contributed by atoms with Crippen LogP contribution in [0.5, 0.6) is 5.75 Å². The van der Waals surface area contributed by atoms with E-state index in [-0.39, 0.29) is 11.7 Å². The Morgan fingerprint density at radius 2 is 1.95 bits per heavy atom. The van der Waals surface area contributed by atoms with Crippen molar-refractivity contribution in [2.75, 3.05) is 6.54 Å². The van der Waals surface area contributed by atoms with Gasteiger partial charge in [-0.05, 0) is 42.1 Å². The topological polar surface area (TPSA) is 107 Å². The van der Waals surface area contributed by atoms with Gasteiger partial charge in [0.1, 0.15) is 11.8 Å². The number of hydrogen-bond acceptors (Lipinski definition) is 4. The first kappa shape index (κ1) is 12.9. The average molecular weight is 277 g/mol. The summed E-state index contributed by atoms with van der Waals surface area (Å²) in [4.78, 5) is 22.9. The molecule has 0 saturated carbocycles. The van der Waals surface area contributed by atoms with Crippen molar-refractivity contribution in [3.63, 3.8) is 0 Å². The molecule has 4 atom stereocenters. The largest absolute Gasteiger partial charge is 0.508 e. The van der Waals surface area contributed by atoms with Crippen molar-refractivity contribution in [2.45, 2.75) is 18.4 Å². The van der Waals surface area contributed by atoms with Crippen LogP contribution in [0.1, 0.15) is 17.0 Å². The lowest BCUT2D eigenvalue weighted by atomic mass is 9.64. The molecule has 2 bridgehead atoms. The summed E-state index contributed by atoms with van der Waals surface area (Å²) >= 11 is 0. The lowest BCUT2D eigenvalue weighted by molar-refractivity contribution is -0.150. The van der Waals surface area contributed by atoms with Crippen LogP contribution < -0.4 is 5.32 Å². The van der Waals surface area contributed by atoms with Crippen LogP contribution in [0.2, 0.25) is 0 Å². The molecule has 0 amide bonds. The predicted molar refractivity (Wildman–Crippen MR) is 68.6 cm³/mol. The van der Waals surface area contributed by atoms with Crippen molar-refractivity contribution in [1.29, 1.82) is 0 Å². The van der Waals surface area contributed by atoms with Crippen molar-refractivity contribution in [3.05, 3.63) is 29.3 Å². The Balaban J connectivity index is 2.14. The number of aromatic hydroxyl groups is 1. The Hall–Kier alpha value is -2.08. The van der Waals surface area contributed by atoms with Crippen LogP contribution in [0.4, 0.5) is 0 Å². The number of piperidine rings is 1. The fourth-order valence-electron chi connectivity index (χ4n) is 3.58. The van der Waals surface area contributed by atoms with Gasteiger partial charge in [-0.3, -0.25) is 9.59 Å². The van der Waals surface area contributed by atoms with Gasteiger partial charge >= 0.3 is 11.9 Å².